The number of urea groups is 1. The summed E-state index contributed by atoms with van der Waals surface area (Å²) in [7, 11) is 0. The first kappa shape index (κ1) is 17.9. The second-order valence-electron chi connectivity index (χ2n) is 6.58. The van der Waals surface area contributed by atoms with Crippen molar-refractivity contribution < 1.29 is 9.18 Å². The molecule has 3 rings (SSSR count). The number of benzene rings is 1. The van der Waals surface area contributed by atoms with Crippen molar-refractivity contribution in [3.63, 3.8) is 0 Å². The van der Waals surface area contributed by atoms with Crippen molar-refractivity contribution in [3.05, 3.63) is 48.0 Å². The maximum absolute atomic E-state index is 13.5. The van der Waals surface area contributed by atoms with E-state index < -0.39 is 5.82 Å². The zero-order chi connectivity index (χ0) is 18.7. The molecule has 0 bridgehead atoms. The Hall–Kier alpha value is -2.94. The summed E-state index contributed by atoms with van der Waals surface area (Å²) >= 11 is 0. The molecule has 1 N–H and O–H groups in total. The molecule has 1 aromatic heterocycles. The van der Waals surface area contributed by atoms with Crippen molar-refractivity contribution in [3.8, 4) is 17.2 Å². The zero-order valence-corrected chi connectivity index (χ0v) is 14.9. The van der Waals surface area contributed by atoms with E-state index in [1.54, 1.807) is 23.2 Å². The van der Waals surface area contributed by atoms with Gasteiger partial charge < -0.3 is 10.2 Å². The van der Waals surface area contributed by atoms with E-state index in [1.165, 1.54) is 6.07 Å². The number of rotatable bonds is 4. The van der Waals surface area contributed by atoms with E-state index in [4.69, 9.17) is 0 Å². The molecule has 1 aromatic carbocycles. The van der Waals surface area contributed by atoms with Crippen LogP contribution in [-0.2, 0) is 0 Å². The number of carbonyl (C=O) groups excluding carboxylic acids is 1. The lowest BCUT2D eigenvalue weighted by atomic mass is 9.91. The number of likely N-dealkylation sites (tertiary alicyclic amines) is 1. The lowest BCUT2D eigenvalue weighted by molar-refractivity contribution is 0.0844. The van der Waals surface area contributed by atoms with Crippen molar-refractivity contribution in [2.75, 3.05) is 5.32 Å². The fourth-order valence-corrected chi connectivity index (χ4v) is 3.37. The normalized spacial score (nSPS) is 18.8. The van der Waals surface area contributed by atoms with Crippen LogP contribution in [0.25, 0.3) is 11.1 Å². The van der Waals surface area contributed by atoms with Gasteiger partial charge in [0, 0.05) is 29.9 Å². The number of aryl methyl sites for hydroxylation is 1. The monoisotopic (exact) mass is 352 g/mol. The predicted molar refractivity (Wildman–Crippen MR) is 97.9 cm³/mol. The predicted octanol–water partition coefficient (Wildman–Crippen LogP) is 4.49. The Morgan fingerprint density at radius 1 is 1.42 bits per heavy atom. The van der Waals surface area contributed by atoms with Gasteiger partial charge in [-0.05, 0) is 42.7 Å². The van der Waals surface area contributed by atoms with Gasteiger partial charge in [0.05, 0.1) is 12.3 Å². The highest BCUT2D eigenvalue weighted by Crippen LogP contribution is 2.31. The number of pyridine rings is 1. The zero-order valence-electron chi connectivity index (χ0n) is 14.9. The van der Waals surface area contributed by atoms with Gasteiger partial charge in [0.15, 0.2) is 0 Å². The topological polar surface area (TPSA) is 69.0 Å². The summed E-state index contributed by atoms with van der Waals surface area (Å²) in [5.74, 6) is -0.406. The third-order valence-corrected chi connectivity index (χ3v) is 4.73. The number of nitrogens with one attached hydrogen (secondary N) is 1. The van der Waals surface area contributed by atoms with Crippen LogP contribution in [0.2, 0.25) is 0 Å². The average Bonchev–Trinajstić information content (AvgIpc) is 2.59. The van der Waals surface area contributed by atoms with Gasteiger partial charge in [-0.15, -0.1) is 0 Å². The fourth-order valence-electron chi connectivity index (χ4n) is 3.37. The Morgan fingerprint density at radius 3 is 2.92 bits per heavy atom. The first-order chi connectivity index (χ1) is 12.5. The van der Waals surface area contributed by atoms with Crippen LogP contribution >= 0.6 is 0 Å². The van der Waals surface area contributed by atoms with Crippen LogP contribution in [0.3, 0.4) is 0 Å². The Bertz CT molecular complexity index is 861. The highest BCUT2D eigenvalue weighted by Gasteiger charge is 2.41. The standard InChI is InChI=1S/C20H21FN4O/c1-3-4-17-9-18(10-22)25(17)20(26)24-16-6-5-13(2)19(8-16)14-7-15(21)12-23-11-14/h5-8,11-12,17-18H,3-4,9H2,1-2H3,(H,24,26)/t17?,18-/m0/s1. The molecule has 1 saturated heterocycles. The summed E-state index contributed by atoms with van der Waals surface area (Å²) in [6, 6.07) is 8.54. The molecule has 134 valence electrons. The molecule has 2 amide bonds. The summed E-state index contributed by atoms with van der Waals surface area (Å²) in [6.45, 7) is 3.99. The summed E-state index contributed by atoms with van der Waals surface area (Å²) in [5, 5.41) is 12.1. The molecule has 2 heterocycles. The van der Waals surface area contributed by atoms with Crippen LogP contribution in [0.4, 0.5) is 14.9 Å². The second kappa shape index (κ2) is 7.52. The lowest BCUT2D eigenvalue weighted by Gasteiger charge is -2.45. The van der Waals surface area contributed by atoms with Crippen molar-refractivity contribution in [2.45, 2.75) is 45.2 Å². The van der Waals surface area contributed by atoms with Gasteiger partial charge in [0.25, 0.3) is 0 Å². The van der Waals surface area contributed by atoms with Crippen LogP contribution in [0, 0.1) is 24.1 Å². The second-order valence-corrected chi connectivity index (χ2v) is 6.58. The number of nitrogens with zero attached hydrogens (tertiary/aromatic N) is 3. The van der Waals surface area contributed by atoms with Gasteiger partial charge in [-0.1, -0.05) is 19.4 Å². The van der Waals surface area contributed by atoms with Gasteiger partial charge >= 0.3 is 6.03 Å². The Morgan fingerprint density at radius 2 is 2.23 bits per heavy atom. The van der Waals surface area contributed by atoms with E-state index in [0.29, 0.717) is 11.3 Å². The Balaban J connectivity index is 1.81. The van der Waals surface area contributed by atoms with Crippen LogP contribution in [0.15, 0.2) is 36.7 Å². The Labute approximate surface area is 152 Å². The number of amides is 2. The summed E-state index contributed by atoms with van der Waals surface area (Å²) in [4.78, 5) is 18.1. The summed E-state index contributed by atoms with van der Waals surface area (Å²) in [5.41, 5.74) is 3.03. The quantitative estimate of drug-likeness (QED) is 0.881. The van der Waals surface area contributed by atoms with Gasteiger partial charge in [0.2, 0.25) is 0 Å². The van der Waals surface area contributed by atoms with Crippen LogP contribution < -0.4 is 5.32 Å². The van der Waals surface area contributed by atoms with E-state index >= 15 is 0 Å². The van der Waals surface area contributed by atoms with Crippen molar-refractivity contribution in [1.29, 1.82) is 5.26 Å². The van der Waals surface area contributed by atoms with Crippen LogP contribution in [0.1, 0.15) is 31.7 Å². The summed E-state index contributed by atoms with van der Waals surface area (Å²) < 4.78 is 13.5. The van der Waals surface area contributed by atoms with Gasteiger partial charge in [-0.2, -0.15) is 5.26 Å². The number of hydrogen-bond acceptors (Lipinski definition) is 3. The molecule has 1 fully saturated rings. The number of carbonyl (C=O) groups is 1. The minimum Gasteiger partial charge on any atom is -0.308 e. The molecule has 26 heavy (non-hydrogen) atoms. The van der Waals surface area contributed by atoms with Crippen molar-refractivity contribution >= 4 is 11.7 Å². The smallest absolute Gasteiger partial charge is 0.308 e. The fraction of sp³-hybridized carbons (Fsp3) is 0.350. The average molecular weight is 352 g/mol. The number of halogens is 1. The molecule has 1 aliphatic heterocycles. The third kappa shape index (κ3) is 3.52. The molecule has 1 aliphatic rings. The molecule has 2 aromatic rings. The Kier molecular flexibility index (Phi) is 5.17. The number of aromatic nitrogens is 1. The van der Waals surface area contributed by atoms with Gasteiger partial charge in [-0.3, -0.25) is 4.98 Å². The van der Waals surface area contributed by atoms with E-state index in [0.717, 1.165) is 36.6 Å². The van der Waals surface area contributed by atoms with Gasteiger partial charge in [-0.25, -0.2) is 9.18 Å². The van der Waals surface area contributed by atoms with Gasteiger partial charge in [0.1, 0.15) is 11.9 Å². The van der Waals surface area contributed by atoms with Crippen LogP contribution in [0.5, 0.6) is 0 Å². The van der Waals surface area contributed by atoms with E-state index in [2.05, 4.69) is 23.3 Å². The first-order valence-corrected chi connectivity index (χ1v) is 8.74. The molecule has 0 aliphatic carbocycles. The number of anilines is 1. The highest BCUT2D eigenvalue weighted by atomic mass is 19.1. The number of hydrogen-bond donors (Lipinski definition) is 1. The largest absolute Gasteiger partial charge is 0.323 e. The first-order valence-electron chi connectivity index (χ1n) is 8.74. The molecule has 5 nitrogen and oxygen atoms in total. The molecule has 1 unspecified atom stereocenters. The minimum absolute atomic E-state index is 0.113. The third-order valence-electron chi connectivity index (χ3n) is 4.73. The van der Waals surface area contributed by atoms with E-state index in [-0.39, 0.29) is 18.1 Å². The summed E-state index contributed by atoms with van der Waals surface area (Å²) in [6.07, 6.45) is 5.33. The molecule has 0 saturated carbocycles. The molecular formula is C20H21FN4O. The highest BCUT2D eigenvalue weighted by molar-refractivity contribution is 5.91. The molecule has 2 atom stereocenters. The molecular weight excluding hydrogens is 331 g/mol. The maximum Gasteiger partial charge on any atom is 0.323 e. The molecule has 0 radical (unpaired) electrons. The molecule has 0 spiro atoms. The maximum atomic E-state index is 13.5. The SMILES string of the molecule is CCCC1C[C@@H](C#N)N1C(=O)Nc1ccc(C)c(-c2cncc(F)c2)c1. The van der Waals surface area contributed by atoms with Crippen molar-refractivity contribution in [2.24, 2.45) is 0 Å². The molecule has 6 heteroatoms. The van der Waals surface area contributed by atoms with E-state index in [9.17, 15) is 14.4 Å². The van der Waals surface area contributed by atoms with Crippen molar-refractivity contribution in [1.82, 2.24) is 9.88 Å². The number of nitriles is 1. The lowest BCUT2D eigenvalue weighted by Crippen LogP contribution is -2.59. The van der Waals surface area contributed by atoms with Crippen LogP contribution in [-0.4, -0.2) is 28.0 Å². The minimum atomic E-state index is -0.406. The van der Waals surface area contributed by atoms with E-state index in [1.807, 2.05) is 13.0 Å².